The molecule has 3 aromatic rings. The Labute approximate surface area is 133 Å². The van der Waals surface area contributed by atoms with E-state index in [1.54, 1.807) is 23.0 Å². The third-order valence-electron chi connectivity index (χ3n) is 3.89. The molecule has 0 bridgehead atoms. The van der Waals surface area contributed by atoms with Crippen LogP contribution in [-0.4, -0.2) is 21.7 Å². The van der Waals surface area contributed by atoms with Crippen molar-refractivity contribution < 1.29 is 4.79 Å². The van der Waals surface area contributed by atoms with Gasteiger partial charge in [0.05, 0.1) is 11.8 Å². The minimum atomic E-state index is -0.284. The van der Waals surface area contributed by atoms with Crippen molar-refractivity contribution in [2.75, 3.05) is 0 Å². The molecule has 0 aliphatic heterocycles. The molecule has 3 rings (SSSR count). The molecule has 0 fully saturated rings. The Bertz CT molecular complexity index is 955. The summed E-state index contributed by atoms with van der Waals surface area (Å²) in [7, 11) is 1.82. The standard InChI is InChI=1S/C17H15N5O/c1-11-12(7-13(8-18)22(11)2)9-20-21-17(23)15-10-19-16-6-4-3-5-14(15)16/h3-7,9-10,19H,1-2H3,(H,21,23)/b20-9+. The molecule has 0 unspecified atom stereocenters. The Morgan fingerprint density at radius 2 is 2.22 bits per heavy atom. The molecule has 0 atom stereocenters. The van der Waals surface area contributed by atoms with Crippen molar-refractivity contribution in [3.63, 3.8) is 0 Å². The van der Waals surface area contributed by atoms with Crippen molar-refractivity contribution in [3.05, 3.63) is 59.0 Å². The van der Waals surface area contributed by atoms with Crippen molar-refractivity contribution in [2.24, 2.45) is 12.1 Å². The number of rotatable bonds is 3. The fourth-order valence-electron chi connectivity index (χ4n) is 2.44. The van der Waals surface area contributed by atoms with Gasteiger partial charge < -0.3 is 9.55 Å². The lowest BCUT2D eigenvalue weighted by atomic mass is 10.2. The molecule has 2 heterocycles. The highest BCUT2D eigenvalue weighted by atomic mass is 16.2. The fourth-order valence-corrected chi connectivity index (χ4v) is 2.44. The highest BCUT2D eigenvalue weighted by Gasteiger charge is 2.11. The molecule has 1 aromatic carbocycles. The van der Waals surface area contributed by atoms with Crippen LogP contribution in [0.15, 0.2) is 41.6 Å². The van der Waals surface area contributed by atoms with Gasteiger partial charge in [-0.25, -0.2) is 5.43 Å². The topological polar surface area (TPSA) is 86.0 Å². The molecule has 0 radical (unpaired) electrons. The van der Waals surface area contributed by atoms with Gasteiger partial charge in [-0.15, -0.1) is 0 Å². The molecule has 0 aliphatic carbocycles. The smallest absolute Gasteiger partial charge is 0.273 e. The second kappa shape index (κ2) is 5.81. The van der Waals surface area contributed by atoms with Gasteiger partial charge in [0.15, 0.2) is 0 Å². The molecular formula is C17H15N5O. The maximum absolute atomic E-state index is 12.2. The number of aromatic nitrogens is 2. The summed E-state index contributed by atoms with van der Waals surface area (Å²) in [6.07, 6.45) is 3.21. The normalized spacial score (nSPS) is 11.0. The van der Waals surface area contributed by atoms with Gasteiger partial charge in [0, 0.05) is 35.4 Å². The van der Waals surface area contributed by atoms with Crippen molar-refractivity contribution in [1.82, 2.24) is 15.0 Å². The third kappa shape index (κ3) is 2.60. The lowest BCUT2D eigenvalue weighted by Gasteiger charge is -1.99. The largest absolute Gasteiger partial charge is 0.360 e. The number of hydrogen-bond acceptors (Lipinski definition) is 3. The van der Waals surface area contributed by atoms with Gasteiger partial charge in [-0.3, -0.25) is 4.79 Å². The Balaban J connectivity index is 1.78. The molecular weight excluding hydrogens is 290 g/mol. The molecule has 2 aromatic heterocycles. The molecule has 0 saturated carbocycles. The number of carbonyl (C=O) groups is 1. The summed E-state index contributed by atoms with van der Waals surface area (Å²) in [5.41, 5.74) is 6.21. The van der Waals surface area contributed by atoms with E-state index >= 15 is 0 Å². The lowest BCUT2D eigenvalue weighted by Crippen LogP contribution is -2.17. The van der Waals surface area contributed by atoms with Crippen LogP contribution < -0.4 is 5.43 Å². The first-order chi connectivity index (χ1) is 11.1. The number of benzene rings is 1. The van der Waals surface area contributed by atoms with Gasteiger partial charge >= 0.3 is 0 Å². The van der Waals surface area contributed by atoms with Gasteiger partial charge in [-0.1, -0.05) is 18.2 Å². The van der Waals surface area contributed by atoms with Crippen molar-refractivity contribution >= 4 is 23.0 Å². The summed E-state index contributed by atoms with van der Waals surface area (Å²) in [5.74, 6) is -0.284. The number of H-pyrrole nitrogens is 1. The SMILES string of the molecule is Cc1c(/C=N/NC(=O)c2c[nH]c3ccccc23)cc(C#N)n1C. The van der Waals surface area contributed by atoms with E-state index in [0.717, 1.165) is 22.2 Å². The number of fused-ring (bicyclic) bond motifs is 1. The molecule has 0 saturated heterocycles. The molecule has 23 heavy (non-hydrogen) atoms. The van der Waals surface area contributed by atoms with Gasteiger partial charge in [-0.2, -0.15) is 10.4 Å². The van der Waals surface area contributed by atoms with Crippen molar-refractivity contribution in [2.45, 2.75) is 6.92 Å². The summed E-state index contributed by atoms with van der Waals surface area (Å²) in [5, 5.41) is 13.8. The molecule has 0 aliphatic rings. The summed E-state index contributed by atoms with van der Waals surface area (Å²) in [6, 6.07) is 11.4. The van der Waals surface area contributed by atoms with Gasteiger partial charge in [-0.05, 0) is 19.1 Å². The van der Waals surface area contributed by atoms with Crippen LogP contribution in [0.4, 0.5) is 0 Å². The summed E-state index contributed by atoms with van der Waals surface area (Å²) in [6.45, 7) is 1.89. The maximum atomic E-state index is 12.2. The average Bonchev–Trinajstić information content (AvgIpc) is 3.11. The highest BCUT2D eigenvalue weighted by molar-refractivity contribution is 6.06. The van der Waals surface area contributed by atoms with Crippen LogP contribution in [0.2, 0.25) is 0 Å². The minimum Gasteiger partial charge on any atom is -0.360 e. The minimum absolute atomic E-state index is 0.284. The van der Waals surface area contributed by atoms with E-state index in [9.17, 15) is 4.79 Å². The van der Waals surface area contributed by atoms with Crippen LogP contribution in [0.25, 0.3) is 10.9 Å². The second-order valence-electron chi connectivity index (χ2n) is 5.19. The van der Waals surface area contributed by atoms with Crippen LogP contribution in [0.5, 0.6) is 0 Å². The zero-order chi connectivity index (χ0) is 16.4. The number of hydrogen-bond donors (Lipinski definition) is 2. The molecule has 6 nitrogen and oxygen atoms in total. The molecule has 6 heteroatoms. The Hall–Kier alpha value is -3.33. The van der Waals surface area contributed by atoms with E-state index in [4.69, 9.17) is 5.26 Å². The first-order valence-electron chi connectivity index (χ1n) is 7.07. The monoisotopic (exact) mass is 305 g/mol. The quantitative estimate of drug-likeness (QED) is 0.575. The third-order valence-corrected chi connectivity index (χ3v) is 3.89. The second-order valence-corrected chi connectivity index (χ2v) is 5.19. The number of nitriles is 1. The Morgan fingerprint density at radius 3 is 2.96 bits per heavy atom. The van der Waals surface area contributed by atoms with E-state index < -0.39 is 0 Å². The van der Waals surface area contributed by atoms with Crippen molar-refractivity contribution in [1.29, 1.82) is 5.26 Å². The molecule has 1 amide bonds. The zero-order valence-corrected chi connectivity index (χ0v) is 12.8. The Morgan fingerprint density at radius 1 is 1.43 bits per heavy atom. The number of nitrogens with one attached hydrogen (secondary N) is 2. The number of para-hydroxylation sites is 1. The number of amides is 1. The summed E-state index contributed by atoms with van der Waals surface area (Å²) in [4.78, 5) is 15.3. The predicted octanol–water partition coefficient (Wildman–Crippen LogP) is 2.45. The van der Waals surface area contributed by atoms with Gasteiger partial charge in [0.2, 0.25) is 0 Å². The van der Waals surface area contributed by atoms with E-state index in [1.165, 1.54) is 0 Å². The summed E-state index contributed by atoms with van der Waals surface area (Å²) >= 11 is 0. The lowest BCUT2D eigenvalue weighted by molar-refractivity contribution is 0.0957. The van der Waals surface area contributed by atoms with Crippen LogP contribution in [0.3, 0.4) is 0 Å². The Kier molecular flexibility index (Phi) is 3.69. The van der Waals surface area contributed by atoms with Crippen LogP contribution in [0.1, 0.15) is 27.3 Å². The van der Waals surface area contributed by atoms with Crippen molar-refractivity contribution in [3.8, 4) is 6.07 Å². The van der Waals surface area contributed by atoms with Crippen LogP contribution in [0, 0.1) is 18.3 Å². The predicted molar refractivity (Wildman–Crippen MR) is 88.2 cm³/mol. The summed E-state index contributed by atoms with van der Waals surface area (Å²) < 4.78 is 1.78. The first-order valence-corrected chi connectivity index (χ1v) is 7.07. The molecule has 0 spiro atoms. The molecule has 2 N–H and O–H groups in total. The van der Waals surface area contributed by atoms with Gasteiger partial charge in [0.25, 0.3) is 5.91 Å². The van der Waals surface area contributed by atoms with E-state index in [1.807, 2.05) is 38.2 Å². The number of carbonyl (C=O) groups excluding carboxylic acids is 1. The van der Waals surface area contributed by atoms with E-state index in [-0.39, 0.29) is 5.91 Å². The average molecular weight is 305 g/mol. The molecule has 114 valence electrons. The zero-order valence-electron chi connectivity index (χ0n) is 12.8. The fraction of sp³-hybridized carbons (Fsp3) is 0.118. The number of aromatic amines is 1. The first kappa shape index (κ1) is 14.6. The number of nitrogens with zero attached hydrogens (tertiary/aromatic N) is 3. The van der Waals surface area contributed by atoms with Crippen LogP contribution >= 0.6 is 0 Å². The van der Waals surface area contributed by atoms with Crippen LogP contribution in [-0.2, 0) is 7.05 Å². The number of hydrazone groups is 1. The van der Waals surface area contributed by atoms with E-state index in [2.05, 4.69) is 21.6 Å². The van der Waals surface area contributed by atoms with E-state index in [0.29, 0.717) is 11.3 Å². The van der Waals surface area contributed by atoms with Gasteiger partial charge in [0.1, 0.15) is 11.8 Å². The highest BCUT2D eigenvalue weighted by Crippen LogP contribution is 2.17. The maximum Gasteiger partial charge on any atom is 0.273 e.